The number of unbranched alkanes of at least 4 members (excludes halogenated alkanes) is 13. The van der Waals surface area contributed by atoms with Gasteiger partial charge in [-0.2, -0.15) is 0 Å². The molecular weight excluding hydrogens is 601 g/mol. The van der Waals surface area contributed by atoms with Gasteiger partial charge in [-0.15, -0.1) is 0 Å². The zero-order chi connectivity index (χ0) is 33.6. The molecule has 0 heterocycles. The lowest BCUT2D eigenvalue weighted by Crippen LogP contribution is -2.34. The number of nitrogens with two attached hydrogens (primary N) is 1. The van der Waals surface area contributed by atoms with E-state index in [0.717, 1.165) is 64.2 Å². The summed E-state index contributed by atoms with van der Waals surface area (Å²) in [5.74, 6) is -2.41. The molecular formula is C33H60NO10P. The molecule has 0 fully saturated rings. The summed E-state index contributed by atoms with van der Waals surface area (Å²) in [6, 6.07) is -1.52. The number of aliphatic carboxylic acids is 1. The number of hydrogen-bond donors (Lipinski definition) is 3. The largest absolute Gasteiger partial charge is 0.480 e. The third-order valence-corrected chi connectivity index (χ3v) is 7.90. The van der Waals surface area contributed by atoms with Crippen LogP contribution in [0.15, 0.2) is 24.3 Å². The third kappa shape index (κ3) is 29.1. The first-order chi connectivity index (χ1) is 21.6. The van der Waals surface area contributed by atoms with E-state index in [-0.39, 0.29) is 19.4 Å². The van der Waals surface area contributed by atoms with Crippen LogP contribution >= 0.6 is 7.82 Å². The molecule has 0 aromatic heterocycles. The fourth-order valence-electron chi connectivity index (χ4n) is 4.20. The molecule has 0 radical (unpaired) electrons. The number of hydrogen-bond acceptors (Lipinski definition) is 9. The molecule has 0 aliphatic rings. The van der Waals surface area contributed by atoms with Crippen molar-refractivity contribution >= 4 is 25.7 Å². The van der Waals surface area contributed by atoms with Crippen LogP contribution in [0, 0.1) is 0 Å². The van der Waals surface area contributed by atoms with Crippen LogP contribution in [-0.2, 0) is 37.5 Å². The van der Waals surface area contributed by atoms with Crippen molar-refractivity contribution in [3.8, 4) is 0 Å². The Morgan fingerprint density at radius 1 is 0.689 bits per heavy atom. The molecule has 0 aromatic carbocycles. The van der Waals surface area contributed by atoms with E-state index in [1.807, 2.05) is 0 Å². The molecule has 0 aliphatic carbocycles. The van der Waals surface area contributed by atoms with Gasteiger partial charge in [-0.1, -0.05) is 109 Å². The minimum atomic E-state index is -4.70. The predicted molar refractivity (Wildman–Crippen MR) is 176 cm³/mol. The number of carboxylic acids is 1. The number of esters is 2. The summed E-state index contributed by atoms with van der Waals surface area (Å²) in [7, 11) is -4.70. The molecule has 0 spiro atoms. The van der Waals surface area contributed by atoms with Crippen LogP contribution in [0.5, 0.6) is 0 Å². The maximum absolute atomic E-state index is 12.5. The molecule has 0 aromatic rings. The van der Waals surface area contributed by atoms with E-state index >= 15 is 0 Å². The Kier molecular flexibility index (Phi) is 28.0. The highest BCUT2D eigenvalue weighted by molar-refractivity contribution is 7.47. The number of carbonyl (C=O) groups is 3. The molecule has 0 aliphatic heterocycles. The highest BCUT2D eigenvalue weighted by Crippen LogP contribution is 2.43. The SMILES string of the molecule is CCCC/C=C\C/C=C\CCCCCCCC(=O)OC(COC(=O)CCCCCCCCC)COP(=O)(O)OCC(N)C(=O)O. The molecule has 3 unspecified atom stereocenters. The second kappa shape index (κ2) is 29.4. The second-order valence-electron chi connectivity index (χ2n) is 11.3. The van der Waals surface area contributed by atoms with E-state index in [1.54, 1.807) is 0 Å². The summed E-state index contributed by atoms with van der Waals surface area (Å²) >= 11 is 0. The Hall–Kier alpha value is -2.04. The van der Waals surface area contributed by atoms with E-state index in [0.29, 0.717) is 12.8 Å². The summed E-state index contributed by atoms with van der Waals surface area (Å²) in [5.41, 5.74) is 5.29. The standard InChI is InChI=1S/C33H60NO10P/c1-3-5-7-9-11-12-13-14-15-16-17-19-21-23-25-32(36)44-29(27-42-45(39,40)43-28-30(34)33(37)38)26-41-31(35)24-22-20-18-10-8-6-4-2/h9,11,13-14,29-30H,3-8,10,12,15-28,34H2,1-2H3,(H,37,38)(H,39,40)/b11-9-,14-13-. The van der Waals surface area contributed by atoms with E-state index in [2.05, 4.69) is 42.7 Å². The van der Waals surface area contributed by atoms with Gasteiger partial charge >= 0.3 is 25.7 Å². The minimum absolute atomic E-state index is 0.146. The molecule has 3 atom stereocenters. The lowest BCUT2D eigenvalue weighted by molar-refractivity contribution is -0.161. The normalized spacial score (nSPS) is 14.4. The Balaban J connectivity index is 4.50. The fraction of sp³-hybridized carbons (Fsp3) is 0.788. The number of phosphoric ester groups is 1. The van der Waals surface area contributed by atoms with Crippen LogP contribution in [0.1, 0.15) is 136 Å². The zero-order valence-electron chi connectivity index (χ0n) is 27.7. The Morgan fingerprint density at radius 3 is 1.80 bits per heavy atom. The maximum atomic E-state index is 12.5. The van der Waals surface area contributed by atoms with Crippen LogP contribution in [0.3, 0.4) is 0 Å². The molecule has 11 nitrogen and oxygen atoms in total. The van der Waals surface area contributed by atoms with E-state index in [4.69, 9.17) is 24.8 Å². The molecule has 0 amide bonds. The number of rotatable bonds is 31. The van der Waals surface area contributed by atoms with Crippen molar-refractivity contribution < 1.29 is 47.5 Å². The first-order valence-corrected chi connectivity index (χ1v) is 18.4. The monoisotopic (exact) mass is 661 g/mol. The lowest BCUT2D eigenvalue weighted by Gasteiger charge is -2.20. The fourth-order valence-corrected chi connectivity index (χ4v) is 4.97. The number of carboxylic acid groups (broad SMARTS) is 1. The molecule has 4 N–H and O–H groups in total. The number of allylic oxidation sites excluding steroid dienone is 4. The Bertz CT molecular complexity index is 880. The average molecular weight is 662 g/mol. The van der Waals surface area contributed by atoms with Gasteiger partial charge in [0.05, 0.1) is 13.2 Å². The smallest absolute Gasteiger partial charge is 0.472 e. The third-order valence-electron chi connectivity index (χ3n) is 6.95. The van der Waals surface area contributed by atoms with Gasteiger partial charge in [0.1, 0.15) is 12.6 Å². The molecule has 0 saturated carbocycles. The van der Waals surface area contributed by atoms with Crippen molar-refractivity contribution in [1.82, 2.24) is 0 Å². The van der Waals surface area contributed by atoms with Crippen LogP contribution in [0.4, 0.5) is 0 Å². The van der Waals surface area contributed by atoms with Crippen molar-refractivity contribution in [3.63, 3.8) is 0 Å². The number of ether oxygens (including phenoxy) is 2. The highest BCUT2D eigenvalue weighted by Gasteiger charge is 2.28. The topological polar surface area (TPSA) is 172 Å². The van der Waals surface area contributed by atoms with Crippen LogP contribution in [-0.4, -0.2) is 59.9 Å². The first kappa shape index (κ1) is 43.0. The summed E-state index contributed by atoms with van der Waals surface area (Å²) in [4.78, 5) is 45.4. The summed E-state index contributed by atoms with van der Waals surface area (Å²) in [6.07, 6.45) is 25.6. The van der Waals surface area contributed by atoms with E-state index in [1.165, 1.54) is 32.1 Å². The Morgan fingerprint density at radius 2 is 1.20 bits per heavy atom. The molecule has 0 saturated heterocycles. The van der Waals surface area contributed by atoms with Gasteiger partial charge in [-0.05, 0) is 38.5 Å². The molecule has 45 heavy (non-hydrogen) atoms. The lowest BCUT2D eigenvalue weighted by atomic mass is 10.1. The van der Waals surface area contributed by atoms with E-state index < -0.39 is 51.1 Å². The molecule has 12 heteroatoms. The molecule has 0 bridgehead atoms. The quantitative estimate of drug-likeness (QED) is 0.0290. The first-order valence-electron chi connectivity index (χ1n) is 16.9. The van der Waals surface area contributed by atoms with Crippen molar-refractivity contribution in [2.45, 2.75) is 148 Å². The minimum Gasteiger partial charge on any atom is -0.480 e. The maximum Gasteiger partial charge on any atom is 0.472 e. The Labute approximate surface area is 270 Å². The van der Waals surface area contributed by atoms with Crippen molar-refractivity contribution in [1.29, 1.82) is 0 Å². The number of phosphoric acid groups is 1. The van der Waals surface area contributed by atoms with Gasteiger partial charge in [0.25, 0.3) is 0 Å². The zero-order valence-corrected chi connectivity index (χ0v) is 28.6. The summed E-state index contributed by atoms with van der Waals surface area (Å²) < 4.78 is 32.3. The average Bonchev–Trinajstić information content (AvgIpc) is 3.00. The van der Waals surface area contributed by atoms with Gasteiger partial charge < -0.3 is 25.2 Å². The van der Waals surface area contributed by atoms with Crippen molar-refractivity contribution in [3.05, 3.63) is 24.3 Å². The van der Waals surface area contributed by atoms with Gasteiger partial charge in [0, 0.05) is 12.8 Å². The highest BCUT2D eigenvalue weighted by atomic mass is 31.2. The molecule has 262 valence electrons. The van der Waals surface area contributed by atoms with Crippen LogP contribution < -0.4 is 5.73 Å². The second-order valence-corrected chi connectivity index (χ2v) is 12.8. The molecule has 0 rings (SSSR count). The summed E-state index contributed by atoms with van der Waals surface area (Å²) in [5, 5.41) is 8.82. The number of carbonyl (C=O) groups excluding carboxylic acids is 2. The van der Waals surface area contributed by atoms with Gasteiger partial charge in [-0.25, -0.2) is 4.57 Å². The van der Waals surface area contributed by atoms with Crippen molar-refractivity contribution in [2.75, 3.05) is 19.8 Å². The predicted octanol–water partition coefficient (Wildman–Crippen LogP) is 7.55. The summed E-state index contributed by atoms with van der Waals surface area (Å²) in [6.45, 7) is 2.65. The van der Waals surface area contributed by atoms with E-state index in [9.17, 15) is 23.8 Å². The van der Waals surface area contributed by atoms with Crippen LogP contribution in [0.2, 0.25) is 0 Å². The van der Waals surface area contributed by atoms with Gasteiger partial charge in [0.2, 0.25) is 0 Å². The van der Waals surface area contributed by atoms with Gasteiger partial charge in [0.15, 0.2) is 6.10 Å². The van der Waals surface area contributed by atoms with Gasteiger partial charge in [-0.3, -0.25) is 23.4 Å². The van der Waals surface area contributed by atoms with Crippen molar-refractivity contribution in [2.24, 2.45) is 5.73 Å². The van der Waals surface area contributed by atoms with Crippen LogP contribution in [0.25, 0.3) is 0 Å².